The van der Waals surface area contributed by atoms with E-state index in [-0.39, 0.29) is 11.8 Å². The van der Waals surface area contributed by atoms with Gasteiger partial charge in [-0.25, -0.2) is 0 Å². The van der Waals surface area contributed by atoms with Crippen LogP contribution in [0.15, 0.2) is 53.4 Å². The Bertz CT molecular complexity index is 774. The third kappa shape index (κ3) is 5.86. The fraction of sp³-hybridized carbons (Fsp3) is 0.364. The van der Waals surface area contributed by atoms with Gasteiger partial charge >= 0.3 is 0 Å². The predicted octanol–water partition coefficient (Wildman–Crippen LogP) is 3.95. The number of thioether (sulfide) groups is 1. The van der Waals surface area contributed by atoms with Gasteiger partial charge in [-0.2, -0.15) is 0 Å². The number of aryl methyl sites for hydroxylation is 2. The summed E-state index contributed by atoms with van der Waals surface area (Å²) in [7, 11) is 1.61. The highest BCUT2D eigenvalue weighted by molar-refractivity contribution is 8.00. The first-order valence-corrected chi connectivity index (χ1v) is 10.2. The molecular formula is C22H28N2O2S. The van der Waals surface area contributed by atoms with Crippen LogP contribution in [0.2, 0.25) is 0 Å². The lowest BCUT2D eigenvalue weighted by atomic mass is 10.1. The van der Waals surface area contributed by atoms with Crippen LogP contribution < -0.4 is 5.32 Å². The minimum atomic E-state index is -0.472. The number of nitrogens with one attached hydrogen (secondary N) is 1. The molecule has 27 heavy (non-hydrogen) atoms. The topological polar surface area (TPSA) is 49.4 Å². The molecule has 0 saturated carbocycles. The molecular weight excluding hydrogens is 356 g/mol. The first-order chi connectivity index (χ1) is 13.0. The molecule has 0 bridgehead atoms. The number of benzene rings is 2. The summed E-state index contributed by atoms with van der Waals surface area (Å²) in [5.41, 5.74) is 3.37. The number of nitrogens with zero attached hydrogens (tertiary/aromatic N) is 1. The SMILES string of the molecule is CC[C@@H](C(=O)NC)N(Cc1ccccc1C)C(=O)CSc1ccc(C)cc1. The third-order valence-electron chi connectivity index (χ3n) is 4.62. The Hall–Kier alpha value is -2.27. The second-order valence-electron chi connectivity index (χ2n) is 6.59. The van der Waals surface area contributed by atoms with Crippen LogP contribution in [0.25, 0.3) is 0 Å². The quantitative estimate of drug-likeness (QED) is 0.701. The van der Waals surface area contributed by atoms with Crippen molar-refractivity contribution in [3.05, 3.63) is 65.2 Å². The summed E-state index contributed by atoms with van der Waals surface area (Å²) in [6.45, 7) is 6.44. The number of amides is 2. The normalized spacial score (nSPS) is 11.7. The lowest BCUT2D eigenvalue weighted by Crippen LogP contribution is -2.48. The van der Waals surface area contributed by atoms with Crippen molar-refractivity contribution in [3.8, 4) is 0 Å². The Labute approximate surface area is 166 Å². The molecule has 0 unspecified atom stereocenters. The van der Waals surface area contributed by atoms with Crippen LogP contribution in [0.5, 0.6) is 0 Å². The van der Waals surface area contributed by atoms with Gasteiger partial charge in [0.25, 0.3) is 0 Å². The molecule has 1 atom stereocenters. The van der Waals surface area contributed by atoms with Crippen LogP contribution in [0, 0.1) is 13.8 Å². The van der Waals surface area contributed by atoms with Crippen molar-refractivity contribution < 1.29 is 9.59 Å². The smallest absolute Gasteiger partial charge is 0.242 e. The summed E-state index contributed by atoms with van der Waals surface area (Å²) in [6, 6.07) is 15.6. The molecule has 0 heterocycles. The van der Waals surface area contributed by atoms with E-state index in [0.29, 0.717) is 18.7 Å². The molecule has 5 heteroatoms. The van der Waals surface area contributed by atoms with Gasteiger partial charge < -0.3 is 10.2 Å². The van der Waals surface area contributed by atoms with Gasteiger partial charge in [-0.1, -0.05) is 48.9 Å². The van der Waals surface area contributed by atoms with Crippen molar-refractivity contribution in [2.45, 2.75) is 44.7 Å². The monoisotopic (exact) mass is 384 g/mol. The number of rotatable bonds is 8. The fourth-order valence-electron chi connectivity index (χ4n) is 2.92. The van der Waals surface area contributed by atoms with Crippen LogP contribution in [-0.4, -0.2) is 35.6 Å². The van der Waals surface area contributed by atoms with E-state index in [4.69, 9.17) is 0 Å². The highest BCUT2D eigenvalue weighted by atomic mass is 32.2. The largest absolute Gasteiger partial charge is 0.357 e. The number of carbonyl (C=O) groups is 2. The van der Waals surface area contributed by atoms with E-state index in [0.717, 1.165) is 16.0 Å². The second-order valence-corrected chi connectivity index (χ2v) is 7.64. The lowest BCUT2D eigenvalue weighted by molar-refractivity contribution is -0.139. The predicted molar refractivity (Wildman–Crippen MR) is 112 cm³/mol. The molecule has 144 valence electrons. The molecule has 0 radical (unpaired) electrons. The number of carbonyl (C=O) groups excluding carboxylic acids is 2. The molecule has 0 saturated heterocycles. The van der Waals surface area contributed by atoms with Crippen LogP contribution >= 0.6 is 11.8 Å². The number of hydrogen-bond acceptors (Lipinski definition) is 3. The van der Waals surface area contributed by atoms with E-state index in [1.165, 1.54) is 17.3 Å². The molecule has 1 N–H and O–H groups in total. The maximum Gasteiger partial charge on any atom is 0.242 e. The zero-order valence-corrected chi connectivity index (χ0v) is 17.3. The summed E-state index contributed by atoms with van der Waals surface area (Å²) in [4.78, 5) is 28.2. The molecule has 2 rings (SSSR count). The molecule has 4 nitrogen and oxygen atoms in total. The maximum atomic E-state index is 13.0. The van der Waals surface area contributed by atoms with Crippen LogP contribution in [0.4, 0.5) is 0 Å². The Morgan fingerprint density at radius 2 is 1.74 bits per heavy atom. The van der Waals surface area contributed by atoms with Gasteiger partial charge in [0.15, 0.2) is 0 Å². The molecule has 0 spiro atoms. The summed E-state index contributed by atoms with van der Waals surface area (Å²) >= 11 is 1.50. The standard InChI is InChI=1S/C22H28N2O2S/c1-5-20(22(26)23-4)24(14-18-9-7-6-8-17(18)3)21(25)15-27-19-12-10-16(2)11-13-19/h6-13,20H,5,14-15H2,1-4H3,(H,23,26)/t20-/m0/s1. The Balaban J connectivity index is 2.19. The summed E-state index contributed by atoms with van der Waals surface area (Å²) in [6.07, 6.45) is 0.576. The van der Waals surface area contributed by atoms with Crippen molar-refractivity contribution in [1.82, 2.24) is 10.2 Å². The fourth-order valence-corrected chi connectivity index (χ4v) is 3.70. The van der Waals surface area contributed by atoms with Crippen LogP contribution in [0.3, 0.4) is 0 Å². The highest BCUT2D eigenvalue weighted by Crippen LogP contribution is 2.21. The maximum absolute atomic E-state index is 13.0. The molecule has 0 aliphatic rings. The number of likely N-dealkylation sites (N-methyl/N-ethyl adjacent to an activating group) is 1. The molecule has 2 aromatic rings. The Kier molecular flexibility index (Phi) is 7.92. The van der Waals surface area contributed by atoms with Crippen molar-refractivity contribution in [1.29, 1.82) is 0 Å². The zero-order valence-electron chi connectivity index (χ0n) is 16.5. The van der Waals surface area contributed by atoms with E-state index in [1.54, 1.807) is 11.9 Å². The molecule has 0 aromatic heterocycles. The molecule has 0 aliphatic heterocycles. The van der Waals surface area contributed by atoms with Gasteiger partial charge in [0.2, 0.25) is 11.8 Å². The summed E-state index contributed by atoms with van der Waals surface area (Å²) in [5, 5.41) is 2.69. The number of hydrogen-bond donors (Lipinski definition) is 1. The minimum absolute atomic E-state index is 0.0284. The van der Waals surface area contributed by atoms with Crippen molar-refractivity contribution in [2.24, 2.45) is 0 Å². The molecule has 2 aromatic carbocycles. The summed E-state index contributed by atoms with van der Waals surface area (Å²) in [5.74, 6) is 0.154. The van der Waals surface area contributed by atoms with Gasteiger partial charge in [0.1, 0.15) is 6.04 Å². The van der Waals surface area contributed by atoms with Gasteiger partial charge in [0, 0.05) is 18.5 Å². The zero-order chi connectivity index (χ0) is 19.8. The van der Waals surface area contributed by atoms with Gasteiger partial charge in [-0.05, 0) is 43.5 Å². The van der Waals surface area contributed by atoms with E-state index in [1.807, 2.05) is 69.3 Å². The van der Waals surface area contributed by atoms with E-state index >= 15 is 0 Å². The Morgan fingerprint density at radius 3 is 2.33 bits per heavy atom. The van der Waals surface area contributed by atoms with Crippen molar-refractivity contribution >= 4 is 23.6 Å². The average molecular weight is 385 g/mol. The van der Waals surface area contributed by atoms with Crippen LogP contribution in [-0.2, 0) is 16.1 Å². The molecule has 0 fully saturated rings. The summed E-state index contributed by atoms with van der Waals surface area (Å²) < 4.78 is 0. The Morgan fingerprint density at radius 1 is 1.07 bits per heavy atom. The van der Waals surface area contributed by atoms with Gasteiger partial charge in [-0.3, -0.25) is 9.59 Å². The van der Waals surface area contributed by atoms with E-state index in [9.17, 15) is 9.59 Å². The molecule has 0 aliphatic carbocycles. The molecule has 2 amide bonds. The van der Waals surface area contributed by atoms with E-state index < -0.39 is 6.04 Å². The van der Waals surface area contributed by atoms with Gasteiger partial charge in [-0.15, -0.1) is 11.8 Å². The first kappa shape index (κ1) is 21.0. The highest BCUT2D eigenvalue weighted by Gasteiger charge is 2.28. The first-order valence-electron chi connectivity index (χ1n) is 9.21. The van der Waals surface area contributed by atoms with Crippen molar-refractivity contribution in [3.63, 3.8) is 0 Å². The van der Waals surface area contributed by atoms with Crippen molar-refractivity contribution in [2.75, 3.05) is 12.8 Å². The van der Waals surface area contributed by atoms with E-state index in [2.05, 4.69) is 5.32 Å². The average Bonchev–Trinajstić information content (AvgIpc) is 2.68. The second kappa shape index (κ2) is 10.2. The minimum Gasteiger partial charge on any atom is -0.357 e. The third-order valence-corrected chi connectivity index (χ3v) is 5.61. The van der Waals surface area contributed by atoms with Crippen LogP contribution in [0.1, 0.15) is 30.0 Å². The van der Waals surface area contributed by atoms with Gasteiger partial charge in [0.05, 0.1) is 5.75 Å². The lowest BCUT2D eigenvalue weighted by Gasteiger charge is -2.30.